The summed E-state index contributed by atoms with van der Waals surface area (Å²) >= 11 is 3.28. The molecule has 0 saturated carbocycles. The lowest BCUT2D eigenvalue weighted by molar-refractivity contribution is -0.111. The van der Waals surface area contributed by atoms with E-state index in [0.29, 0.717) is 22.5 Å². The van der Waals surface area contributed by atoms with Gasteiger partial charge < -0.3 is 10.1 Å². The van der Waals surface area contributed by atoms with Crippen molar-refractivity contribution < 1.29 is 17.9 Å². The Hall–Kier alpha value is -2.58. The average molecular weight is 465 g/mol. The van der Waals surface area contributed by atoms with Gasteiger partial charge in [0.15, 0.2) is 0 Å². The Morgan fingerprint density at radius 1 is 1.11 bits per heavy atom. The largest absolute Gasteiger partial charge is 0.492 e. The van der Waals surface area contributed by atoms with E-state index in [4.69, 9.17) is 4.74 Å². The van der Waals surface area contributed by atoms with Gasteiger partial charge in [-0.25, -0.2) is 8.42 Å². The zero-order valence-electron chi connectivity index (χ0n) is 15.5. The molecule has 0 spiro atoms. The topological polar surface area (TPSA) is 84.5 Å². The second kappa shape index (κ2) is 10.1. The summed E-state index contributed by atoms with van der Waals surface area (Å²) in [5.41, 5.74) is 0.917. The van der Waals surface area contributed by atoms with Gasteiger partial charge in [0.1, 0.15) is 10.6 Å². The Bertz CT molecular complexity index is 984. The number of sulfonamides is 1. The van der Waals surface area contributed by atoms with Gasteiger partial charge in [0, 0.05) is 21.9 Å². The molecule has 28 heavy (non-hydrogen) atoms. The molecule has 1 amide bonds. The van der Waals surface area contributed by atoms with Crippen molar-refractivity contribution in [3.8, 4) is 5.75 Å². The summed E-state index contributed by atoms with van der Waals surface area (Å²) in [6, 6.07) is 11.2. The number of allylic oxidation sites excluding steroid dienone is 3. The van der Waals surface area contributed by atoms with E-state index in [1.165, 1.54) is 12.1 Å². The maximum Gasteiger partial charge on any atom is 0.265 e. The molecule has 0 aliphatic heterocycles. The van der Waals surface area contributed by atoms with E-state index in [1.54, 1.807) is 55.5 Å². The zero-order chi connectivity index (χ0) is 20.6. The van der Waals surface area contributed by atoms with E-state index in [-0.39, 0.29) is 16.6 Å². The molecule has 0 atom stereocenters. The summed E-state index contributed by atoms with van der Waals surface area (Å²) in [6.07, 6.45) is 6.59. The summed E-state index contributed by atoms with van der Waals surface area (Å²) in [6.45, 7) is 3.99. The zero-order valence-corrected chi connectivity index (χ0v) is 17.9. The quantitative estimate of drug-likeness (QED) is 0.437. The van der Waals surface area contributed by atoms with Gasteiger partial charge in [0.25, 0.3) is 10.0 Å². The summed E-state index contributed by atoms with van der Waals surface area (Å²) in [4.78, 5) is 11.8. The summed E-state index contributed by atoms with van der Waals surface area (Å²) in [5, 5.41) is 2.69. The number of carbonyl (C=O) groups is 1. The van der Waals surface area contributed by atoms with Crippen LogP contribution in [0, 0.1) is 0 Å². The van der Waals surface area contributed by atoms with Crippen molar-refractivity contribution >= 4 is 43.2 Å². The molecule has 0 saturated heterocycles. The first-order valence-electron chi connectivity index (χ1n) is 8.51. The van der Waals surface area contributed by atoms with Crippen LogP contribution in [-0.2, 0) is 14.8 Å². The molecule has 0 aromatic heterocycles. The maximum atomic E-state index is 12.8. The Labute approximate surface area is 173 Å². The van der Waals surface area contributed by atoms with Crippen LogP contribution in [0.5, 0.6) is 5.75 Å². The van der Waals surface area contributed by atoms with Gasteiger partial charge in [0.2, 0.25) is 5.91 Å². The number of benzene rings is 2. The van der Waals surface area contributed by atoms with Crippen molar-refractivity contribution in [2.45, 2.75) is 18.7 Å². The molecule has 2 N–H and O–H groups in total. The molecular weight excluding hydrogens is 444 g/mol. The van der Waals surface area contributed by atoms with Gasteiger partial charge in [-0.2, -0.15) is 0 Å². The van der Waals surface area contributed by atoms with Crippen LogP contribution in [0.15, 0.2) is 76.1 Å². The van der Waals surface area contributed by atoms with Crippen molar-refractivity contribution in [1.29, 1.82) is 0 Å². The van der Waals surface area contributed by atoms with Gasteiger partial charge in [-0.05, 0) is 56.3 Å². The molecule has 0 fully saturated rings. The van der Waals surface area contributed by atoms with Gasteiger partial charge in [-0.3, -0.25) is 9.52 Å². The number of halogens is 1. The van der Waals surface area contributed by atoms with E-state index >= 15 is 0 Å². The lowest BCUT2D eigenvalue weighted by atomic mass is 10.3. The van der Waals surface area contributed by atoms with Crippen molar-refractivity contribution in [3.63, 3.8) is 0 Å². The van der Waals surface area contributed by atoms with Crippen molar-refractivity contribution in [3.05, 3.63) is 71.2 Å². The van der Waals surface area contributed by atoms with Gasteiger partial charge >= 0.3 is 0 Å². The van der Waals surface area contributed by atoms with Gasteiger partial charge in [-0.15, -0.1) is 0 Å². The first-order chi connectivity index (χ1) is 13.4. The fraction of sp³-hybridized carbons (Fsp3) is 0.150. The molecule has 6 nitrogen and oxygen atoms in total. The lowest BCUT2D eigenvalue weighted by Gasteiger charge is -2.13. The van der Waals surface area contributed by atoms with Crippen molar-refractivity contribution in [2.75, 3.05) is 16.6 Å². The highest BCUT2D eigenvalue weighted by Gasteiger charge is 2.20. The fourth-order valence-electron chi connectivity index (χ4n) is 2.24. The lowest BCUT2D eigenvalue weighted by Crippen LogP contribution is -2.15. The Kier molecular flexibility index (Phi) is 7.83. The smallest absolute Gasteiger partial charge is 0.265 e. The molecule has 0 aliphatic rings. The van der Waals surface area contributed by atoms with Crippen LogP contribution < -0.4 is 14.8 Å². The third kappa shape index (κ3) is 6.24. The molecule has 0 aliphatic carbocycles. The third-order valence-electron chi connectivity index (χ3n) is 3.45. The van der Waals surface area contributed by atoms with Crippen LogP contribution in [-0.4, -0.2) is 20.9 Å². The Morgan fingerprint density at radius 3 is 2.43 bits per heavy atom. The number of ether oxygens (including phenoxy) is 1. The standard InChI is InChI=1S/C20H21BrN2O4S/c1-3-5-6-7-20(24)22-16-9-11-17(12-10-16)23-28(25,26)19-14-15(21)8-13-18(19)27-4-2/h3,5-14,23H,4H2,1-2H3,(H,22,24)/b5-3+,7-6+. The number of hydrogen-bond acceptors (Lipinski definition) is 4. The number of carbonyl (C=O) groups excluding carboxylic acids is 1. The molecular formula is C20H21BrN2O4S. The second-order valence-electron chi connectivity index (χ2n) is 5.58. The highest BCUT2D eigenvalue weighted by atomic mass is 79.9. The van der Waals surface area contributed by atoms with E-state index < -0.39 is 10.0 Å². The molecule has 8 heteroatoms. The Balaban J connectivity index is 2.15. The summed E-state index contributed by atoms with van der Waals surface area (Å²) < 4.78 is 34.1. The molecule has 0 bridgehead atoms. The molecule has 0 heterocycles. The van der Waals surface area contributed by atoms with Gasteiger partial charge in [0.05, 0.1) is 6.61 Å². The second-order valence-corrected chi connectivity index (χ2v) is 8.15. The van der Waals surface area contributed by atoms with E-state index in [0.717, 1.165) is 0 Å². The average Bonchev–Trinajstić information content (AvgIpc) is 2.65. The first-order valence-corrected chi connectivity index (χ1v) is 10.8. The monoisotopic (exact) mass is 464 g/mol. The predicted molar refractivity (Wildman–Crippen MR) is 115 cm³/mol. The van der Waals surface area contributed by atoms with E-state index in [9.17, 15) is 13.2 Å². The van der Waals surface area contributed by atoms with E-state index in [1.807, 2.05) is 13.0 Å². The highest BCUT2D eigenvalue weighted by Crippen LogP contribution is 2.29. The van der Waals surface area contributed by atoms with Crippen LogP contribution >= 0.6 is 15.9 Å². The van der Waals surface area contributed by atoms with Crippen LogP contribution in [0.3, 0.4) is 0 Å². The predicted octanol–water partition coefficient (Wildman–Crippen LogP) is 4.72. The molecule has 2 rings (SSSR count). The number of anilines is 2. The van der Waals surface area contributed by atoms with Gasteiger partial charge in [-0.1, -0.05) is 34.2 Å². The number of amides is 1. The fourth-order valence-corrected chi connectivity index (χ4v) is 3.98. The maximum absolute atomic E-state index is 12.8. The minimum atomic E-state index is -3.85. The van der Waals surface area contributed by atoms with Crippen molar-refractivity contribution in [2.24, 2.45) is 0 Å². The SMILES string of the molecule is C/C=C/C=C/C(=O)Nc1ccc(NS(=O)(=O)c2cc(Br)ccc2OCC)cc1. The van der Waals surface area contributed by atoms with Crippen molar-refractivity contribution in [1.82, 2.24) is 0 Å². The highest BCUT2D eigenvalue weighted by molar-refractivity contribution is 9.10. The number of hydrogen-bond donors (Lipinski definition) is 2. The van der Waals surface area contributed by atoms with Crippen LogP contribution in [0.2, 0.25) is 0 Å². The first kappa shape index (κ1) is 21.7. The molecule has 2 aromatic rings. The third-order valence-corrected chi connectivity index (χ3v) is 5.35. The molecule has 148 valence electrons. The number of nitrogens with one attached hydrogen (secondary N) is 2. The minimum absolute atomic E-state index is 0.0372. The van der Waals surface area contributed by atoms with Crippen LogP contribution in [0.1, 0.15) is 13.8 Å². The Morgan fingerprint density at radius 2 is 1.79 bits per heavy atom. The molecule has 0 unspecified atom stereocenters. The molecule has 2 aromatic carbocycles. The summed E-state index contributed by atoms with van der Waals surface area (Å²) in [5.74, 6) is -0.00285. The number of rotatable bonds is 8. The normalized spacial score (nSPS) is 11.7. The summed E-state index contributed by atoms with van der Waals surface area (Å²) in [7, 11) is -3.85. The van der Waals surface area contributed by atoms with Crippen LogP contribution in [0.4, 0.5) is 11.4 Å². The van der Waals surface area contributed by atoms with E-state index in [2.05, 4.69) is 26.0 Å². The minimum Gasteiger partial charge on any atom is -0.492 e. The van der Waals surface area contributed by atoms with Crippen LogP contribution in [0.25, 0.3) is 0 Å². The molecule has 0 radical (unpaired) electrons.